The number of halogens is 1. The van der Waals surface area contributed by atoms with Gasteiger partial charge in [0, 0.05) is 24.8 Å². The van der Waals surface area contributed by atoms with Gasteiger partial charge in [-0.2, -0.15) is 5.10 Å². The van der Waals surface area contributed by atoms with Gasteiger partial charge in [-0.05, 0) is 32.0 Å². The van der Waals surface area contributed by atoms with Crippen LogP contribution < -0.4 is 16.0 Å². The minimum absolute atomic E-state index is 0.323. The summed E-state index contributed by atoms with van der Waals surface area (Å²) in [6.07, 6.45) is 1.48. The smallest absolute Gasteiger partial charge is 0.319 e. The van der Waals surface area contributed by atoms with Crippen molar-refractivity contribution >= 4 is 29.1 Å². The third-order valence-corrected chi connectivity index (χ3v) is 4.05. The number of carbonyl (C=O) groups excluding carboxylic acids is 1. The molecule has 3 aromatic rings. The third kappa shape index (κ3) is 4.95. The Morgan fingerprint density at radius 2 is 1.96 bits per heavy atom. The fraction of sp³-hybridized carbons (Fsp3) is 0.222. The van der Waals surface area contributed by atoms with E-state index >= 15 is 0 Å². The Morgan fingerprint density at radius 3 is 2.70 bits per heavy atom. The van der Waals surface area contributed by atoms with Crippen molar-refractivity contribution in [3.8, 4) is 5.82 Å². The molecule has 0 aliphatic rings. The molecule has 2 amide bonds. The number of aromatic nitrogens is 4. The molecular weight excluding hydrogens is 366 g/mol. The Morgan fingerprint density at radius 1 is 1.15 bits per heavy atom. The molecule has 9 heteroatoms. The van der Waals surface area contributed by atoms with Crippen molar-refractivity contribution < 1.29 is 4.79 Å². The van der Waals surface area contributed by atoms with Crippen LogP contribution >= 0.6 is 11.6 Å². The number of hydrogen-bond donors (Lipinski definition) is 3. The standard InChI is InChI=1S/C18H20ClN7O/c1-12-9-13(2)26(25-12)17-10-16(22-11-23-17)20-7-8-21-18(27)24-15-6-4-3-5-14(15)19/h3-6,9-11H,7-8H2,1-2H3,(H,20,22,23)(H2,21,24,27). The highest BCUT2D eigenvalue weighted by Gasteiger charge is 2.07. The average Bonchev–Trinajstić information content (AvgIpc) is 2.99. The van der Waals surface area contributed by atoms with E-state index in [2.05, 4.69) is 31.0 Å². The Bertz CT molecular complexity index is 941. The summed E-state index contributed by atoms with van der Waals surface area (Å²) in [7, 11) is 0. The molecule has 2 aromatic heterocycles. The summed E-state index contributed by atoms with van der Waals surface area (Å²) in [5.74, 6) is 1.34. The second-order valence-corrected chi connectivity index (χ2v) is 6.30. The zero-order chi connectivity index (χ0) is 19.2. The van der Waals surface area contributed by atoms with Crippen molar-refractivity contribution in [3.05, 3.63) is 59.1 Å². The van der Waals surface area contributed by atoms with Crippen LogP contribution in [0.25, 0.3) is 5.82 Å². The van der Waals surface area contributed by atoms with Gasteiger partial charge in [0.05, 0.1) is 16.4 Å². The molecular formula is C18H20ClN7O. The first-order valence-corrected chi connectivity index (χ1v) is 8.79. The highest BCUT2D eigenvalue weighted by molar-refractivity contribution is 6.33. The third-order valence-electron chi connectivity index (χ3n) is 3.72. The van der Waals surface area contributed by atoms with Crippen LogP contribution in [-0.4, -0.2) is 38.9 Å². The van der Waals surface area contributed by atoms with Crippen LogP contribution in [0.5, 0.6) is 0 Å². The Hall–Kier alpha value is -3.13. The number of rotatable bonds is 6. The van der Waals surface area contributed by atoms with Gasteiger partial charge in [-0.3, -0.25) is 0 Å². The van der Waals surface area contributed by atoms with Crippen LogP contribution in [0.4, 0.5) is 16.3 Å². The van der Waals surface area contributed by atoms with Crippen LogP contribution in [0.15, 0.2) is 42.7 Å². The van der Waals surface area contributed by atoms with Gasteiger partial charge in [0.2, 0.25) is 0 Å². The first-order valence-electron chi connectivity index (χ1n) is 8.42. The topological polar surface area (TPSA) is 96.8 Å². The monoisotopic (exact) mass is 385 g/mol. The maximum atomic E-state index is 11.9. The number of benzene rings is 1. The Labute approximate surface area is 162 Å². The van der Waals surface area contributed by atoms with Crippen LogP contribution in [0.2, 0.25) is 5.02 Å². The van der Waals surface area contributed by atoms with Crippen molar-refractivity contribution in [2.75, 3.05) is 23.7 Å². The molecule has 0 saturated carbocycles. The Kier molecular flexibility index (Phi) is 5.87. The minimum Gasteiger partial charge on any atom is -0.368 e. The number of nitrogens with one attached hydrogen (secondary N) is 3. The van der Waals surface area contributed by atoms with Gasteiger partial charge in [0.15, 0.2) is 5.82 Å². The second-order valence-electron chi connectivity index (χ2n) is 5.89. The summed E-state index contributed by atoms with van der Waals surface area (Å²) < 4.78 is 1.76. The van der Waals surface area contributed by atoms with E-state index in [4.69, 9.17) is 11.6 Å². The lowest BCUT2D eigenvalue weighted by Gasteiger charge is -2.10. The first-order chi connectivity index (χ1) is 13.0. The van der Waals surface area contributed by atoms with Crippen LogP contribution in [-0.2, 0) is 0 Å². The fourth-order valence-corrected chi connectivity index (χ4v) is 2.70. The molecule has 3 rings (SSSR count). The quantitative estimate of drug-likeness (QED) is 0.566. The molecule has 1 aromatic carbocycles. The first kappa shape index (κ1) is 18.7. The fourth-order valence-electron chi connectivity index (χ4n) is 2.52. The van der Waals surface area contributed by atoms with Gasteiger partial charge in [0.25, 0.3) is 0 Å². The van der Waals surface area contributed by atoms with E-state index in [9.17, 15) is 4.79 Å². The molecule has 8 nitrogen and oxygen atoms in total. The van der Waals surface area contributed by atoms with Crippen LogP contribution in [0, 0.1) is 13.8 Å². The number of nitrogens with zero attached hydrogens (tertiary/aromatic N) is 4. The van der Waals surface area contributed by atoms with E-state index < -0.39 is 0 Å². The summed E-state index contributed by atoms with van der Waals surface area (Å²) in [5.41, 5.74) is 2.49. The number of amides is 2. The lowest BCUT2D eigenvalue weighted by atomic mass is 10.3. The zero-order valence-corrected chi connectivity index (χ0v) is 15.8. The van der Waals surface area contributed by atoms with Gasteiger partial charge >= 0.3 is 6.03 Å². The summed E-state index contributed by atoms with van der Waals surface area (Å²) in [4.78, 5) is 20.3. The van der Waals surface area contributed by atoms with Crippen molar-refractivity contribution in [2.45, 2.75) is 13.8 Å². The van der Waals surface area contributed by atoms with Gasteiger partial charge in [-0.15, -0.1) is 0 Å². The van der Waals surface area contributed by atoms with Crippen molar-refractivity contribution in [2.24, 2.45) is 0 Å². The van der Waals surface area contributed by atoms with E-state index in [1.54, 1.807) is 28.9 Å². The van der Waals surface area contributed by atoms with Gasteiger partial charge in [0.1, 0.15) is 12.1 Å². The van der Waals surface area contributed by atoms with Gasteiger partial charge in [-0.25, -0.2) is 19.4 Å². The molecule has 0 unspecified atom stereocenters. The predicted molar refractivity (Wildman–Crippen MR) is 106 cm³/mol. The zero-order valence-electron chi connectivity index (χ0n) is 15.0. The molecule has 0 bridgehead atoms. The average molecular weight is 386 g/mol. The summed E-state index contributed by atoms with van der Waals surface area (Å²) in [6.45, 7) is 4.82. The van der Waals surface area contributed by atoms with Gasteiger partial charge in [-0.1, -0.05) is 23.7 Å². The number of urea groups is 1. The van der Waals surface area contributed by atoms with E-state index in [0.29, 0.717) is 35.4 Å². The molecule has 2 heterocycles. The molecule has 0 saturated heterocycles. The number of anilines is 2. The molecule has 140 valence electrons. The largest absolute Gasteiger partial charge is 0.368 e. The van der Waals surface area contributed by atoms with E-state index in [0.717, 1.165) is 11.4 Å². The maximum Gasteiger partial charge on any atom is 0.319 e. The molecule has 0 spiro atoms. The van der Waals surface area contributed by atoms with Crippen molar-refractivity contribution in [1.82, 2.24) is 25.1 Å². The number of hydrogen-bond acceptors (Lipinski definition) is 5. The molecule has 0 aliphatic carbocycles. The number of aryl methyl sites for hydroxylation is 2. The SMILES string of the molecule is Cc1cc(C)n(-c2cc(NCCNC(=O)Nc3ccccc3Cl)ncn2)n1. The summed E-state index contributed by atoms with van der Waals surface area (Å²) in [6, 6.07) is 10.5. The van der Waals surface area contributed by atoms with Crippen LogP contribution in [0.1, 0.15) is 11.4 Å². The predicted octanol–water partition coefficient (Wildman–Crippen LogP) is 3.17. The molecule has 0 fully saturated rings. The molecule has 3 N–H and O–H groups in total. The highest BCUT2D eigenvalue weighted by atomic mass is 35.5. The van der Waals surface area contributed by atoms with Crippen molar-refractivity contribution in [1.29, 1.82) is 0 Å². The van der Waals surface area contributed by atoms with E-state index in [1.807, 2.05) is 26.0 Å². The lowest BCUT2D eigenvalue weighted by molar-refractivity contribution is 0.252. The highest BCUT2D eigenvalue weighted by Crippen LogP contribution is 2.20. The molecule has 0 radical (unpaired) electrons. The summed E-state index contributed by atoms with van der Waals surface area (Å²) >= 11 is 6.01. The van der Waals surface area contributed by atoms with E-state index in [1.165, 1.54) is 6.33 Å². The molecule has 0 atom stereocenters. The normalized spacial score (nSPS) is 10.5. The van der Waals surface area contributed by atoms with E-state index in [-0.39, 0.29) is 6.03 Å². The number of carbonyl (C=O) groups is 1. The van der Waals surface area contributed by atoms with Crippen LogP contribution in [0.3, 0.4) is 0 Å². The van der Waals surface area contributed by atoms with Gasteiger partial charge < -0.3 is 16.0 Å². The number of para-hydroxylation sites is 1. The Balaban J connectivity index is 1.49. The molecule has 0 aliphatic heterocycles. The molecule has 27 heavy (non-hydrogen) atoms. The minimum atomic E-state index is -0.323. The lowest BCUT2D eigenvalue weighted by Crippen LogP contribution is -2.32. The summed E-state index contributed by atoms with van der Waals surface area (Å²) in [5, 5.41) is 13.5. The maximum absolute atomic E-state index is 11.9. The van der Waals surface area contributed by atoms with Crippen molar-refractivity contribution in [3.63, 3.8) is 0 Å². The second kappa shape index (κ2) is 8.50.